The van der Waals surface area contributed by atoms with Crippen LogP contribution in [0.3, 0.4) is 0 Å². The number of fused-ring (bicyclic) bond motifs is 3. The summed E-state index contributed by atoms with van der Waals surface area (Å²) in [5.74, 6) is 0. The molecule has 1 aromatic heterocycles. The molecule has 1 aliphatic rings. The number of sulfonamides is 1. The molecule has 0 fully saturated rings. The van der Waals surface area contributed by atoms with Crippen LogP contribution in [0.5, 0.6) is 0 Å². The van der Waals surface area contributed by atoms with E-state index in [0.717, 1.165) is 28.8 Å². The molecular weight excluding hydrogens is 346 g/mol. The molecule has 3 aromatic rings. The third-order valence-electron chi connectivity index (χ3n) is 4.44. The van der Waals surface area contributed by atoms with Gasteiger partial charge in [0.25, 0.3) is 0 Å². The van der Waals surface area contributed by atoms with Gasteiger partial charge in [-0.05, 0) is 23.8 Å². The van der Waals surface area contributed by atoms with Crippen molar-refractivity contribution in [3.8, 4) is 5.69 Å². The van der Waals surface area contributed by atoms with Crippen LogP contribution in [0.1, 0.15) is 22.9 Å². The minimum Gasteiger partial charge on any atom is -0.315 e. The molecule has 1 N–H and O–H groups in total. The number of hydrogen-bond donors (Lipinski definition) is 1. The van der Waals surface area contributed by atoms with Crippen molar-refractivity contribution >= 4 is 15.7 Å². The van der Waals surface area contributed by atoms with Crippen molar-refractivity contribution in [1.82, 2.24) is 9.29 Å². The first-order valence-corrected chi connectivity index (χ1v) is 10.3. The Kier molecular flexibility index (Phi) is 4.22. The number of aromatic nitrogens is 1. The molecule has 26 heavy (non-hydrogen) atoms. The molecule has 0 aliphatic carbocycles. The van der Waals surface area contributed by atoms with Crippen LogP contribution in [0, 0.1) is 0 Å². The van der Waals surface area contributed by atoms with Crippen LogP contribution < -0.4 is 4.72 Å². The van der Waals surface area contributed by atoms with Crippen molar-refractivity contribution in [2.75, 3.05) is 12.8 Å². The third-order valence-corrected chi connectivity index (χ3v) is 5.11. The second kappa shape index (κ2) is 6.55. The van der Waals surface area contributed by atoms with Crippen LogP contribution in [-0.2, 0) is 10.0 Å². The molecule has 1 aliphatic heterocycles. The molecular formula is C20H19N3O2S. The van der Waals surface area contributed by atoms with Crippen LogP contribution >= 0.6 is 0 Å². The van der Waals surface area contributed by atoms with Crippen molar-refractivity contribution in [2.45, 2.75) is 6.04 Å². The fourth-order valence-electron chi connectivity index (χ4n) is 3.28. The maximum atomic E-state index is 11.6. The number of hydrogen-bond acceptors (Lipinski definition) is 3. The van der Waals surface area contributed by atoms with Gasteiger partial charge < -0.3 is 4.57 Å². The molecule has 132 valence electrons. The van der Waals surface area contributed by atoms with E-state index in [1.54, 1.807) is 0 Å². The zero-order chi connectivity index (χ0) is 18.1. The number of aliphatic imine (C=N–C) groups is 1. The van der Waals surface area contributed by atoms with E-state index in [1.165, 1.54) is 0 Å². The summed E-state index contributed by atoms with van der Waals surface area (Å²) in [5.41, 5.74) is 4.82. The quantitative estimate of drug-likeness (QED) is 0.773. The van der Waals surface area contributed by atoms with Gasteiger partial charge in [-0.3, -0.25) is 4.99 Å². The summed E-state index contributed by atoms with van der Waals surface area (Å²) in [6.07, 6.45) is 3.14. The van der Waals surface area contributed by atoms with Crippen LogP contribution in [0.25, 0.3) is 5.69 Å². The van der Waals surface area contributed by atoms with E-state index >= 15 is 0 Å². The molecule has 0 spiro atoms. The van der Waals surface area contributed by atoms with Crippen molar-refractivity contribution < 1.29 is 8.42 Å². The molecule has 5 nitrogen and oxygen atoms in total. The standard InChI is InChI=1S/C20H19N3O2S/c1-26(24,25)21-14-17-19-12-7-13-23(19)18-11-6-5-10-16(18)20(22-17)15-8-3-2-4-9-15/h2-13,20-21H,14H2,1H3/t20-/m1/s1. The lowest BCUT2D eigenvalue weighted by atomic mass is 9.98. The Balaban J connectivity index is 1.90. The molecule has 2 aromatic carbocycles. The van der Waals surface area contributed by atoms with E-state index in [2.05, 4.69) is 21.4 Å². The Hall–Kier alpha value is -2.70. The smallest absolute Gasteiger partial charge is 0.209 e. The monoisotopic (exact) mass is 365 g/mol. The lowest BCUT2D eigenvalue weighted by Crippen LogP contribution is -2.30. The minimum absolute atomic E-state index is 0.153. The predicted octanol–water partition coefficient (Wildman–Crippen LogP) is 2.92. The van der Waals surface area contributed by atoms with Gasteiger partial charge >= 0.3 is 0 Å². The Labute approximate surface area is 153 Å². The number of rotatable bonds is 4. The molecule has 2 heterocycles. The average Bonchev–Trinajstić information content (AvgIpc) is 3.07. The molecule has 0 saturated carbocycles. The first-order valence-electron chi connectivity index (χ1n) is 8.36. The highest BCUT2D eigenvalue weighted by Crippen LogP contribution is 2.34. The van der Waals surface area contributed by atoms with Gasteiger partial charge in [0.2, 0.25) is 10.0 Å². The largest absolute Gasteiger partial charge is 0.315 e. The highest BCUT2D eigenvalue weighted by atomic mass is 32.2. The van der Waals surface area contributed by atoms with E-state index in [0.29, 0.717) is 5.71 Å². The molecule has 0 bridgehead atoms. The van der Waals surface area contributed by atoms with Crippen LogP contribution in [0.2, 0.25) is 0 Å². The van der Waals surface area contributed by atoms with Gasteiger partial charge in [-0.15, -0.1) is 0 Å². The second-order valence-electron chi connectivity index (χ2n) is 6.30. The number of benzene rings is 2. The van der Waals surface area contributed by atoms with Gasteiger partial charge in [-0.25, -0.2) is 13.1 Å². The lowest BCUT2D eigenvalue weighted by Gasteiger charge is -2.16. The topological polar surface area (TPSA) is 63.5 Å². The SMILES string of the molecule is CS(=O)(=O)NCC1=N[C@H](c2ccccc2)c2ccccc2-n2cccc21. The predicted molar refractivity (Wildman–Crippen MR) is 103 cm³/mol. The normalized spacial score (nSPS) is 16.3. The molecule has 0 amide bonds. The first kappa shape index (κ1) is 16.8. The maximum absolute atomic E-state index is 11.6. The minimum atomic E-state index is -3.31. The Morgan fingerprint density at radius 3 is 2.50 bits per heavy atom. The average molecular weight is 365 g/mol. The molecule has 1 atom stereocenters. The van der Waals surface area contributed by atoms with E-state index in [9.17, 15) is 8.42 Å². The van der Waals surface area contributed by atoms with Gasteiger partial charge in [-0.1, -0.05) is 48.5 Å². The van der Waals surface area contributed by atoms with Crippen LogP contribution in [0.15, 0.2) is 77.9 Å². The highest BCUT2D eigenvalue weighted by Gasteiger charge is 2.24. The summed E-state index contributed by atoms with van der Waals surface area (Å²) >= 11 is 0. The van der Waals surface area contributed by atoms with Crippen LogP contribution in [-0.4, -0.2) is 31.5 Å². The molecule has 0 saturated heterocycles. The Morgan fingerprint density at radius 1 is 1.00 bits per heavy atom. The van der Waals surface area contributed by atoms with Gasteiger partial charge in [0.15, 0.2) is 0 Å². The lowest BCUT2D eigenvalue weighted by molar-refractivity contribution is 0.592. The van der Waals surface area contributed by atoms with Gasteiger partial charge in [0.1, 0.15) is 6.04 Å². The zero-order valence-electron chi connectivity index (χ0n) is 14.3. The van der Waals surface area contributed by atoms with Crippen molar-refractivity contribution in [3.63, 3.8) is 0 Å². The summed E-state index contributed by atoms with van der Waals surface area (Å²) in [7, 11) is -3.31. The molecule has 0 unspecified atom stereocenters. The molecule has 4 rings (SSSR count). The number of nitrogens with zero attached hydrogens (tertiary/aromatic N) is 2. The van der Waals surface area contributed by atoms with Crippen molar-refractivity contribution in [3.05, 3.63) is 89.7 Å². The first-order chi connectivity index (χ1) is 12.5. The summed E-state index contributed by atoms with van der Waals surface area (Å²) in [6.45, 7) is 0.153. The number of nitrogens with one attached hydrogen (secondary N) is 1. The Bertz CT molecular complexity index is 1070. The van der Waals surface area contributed by atoms with E-state index < -0.39 is 10.0 Å². The molecule has 6 heteroatoms. The summed E-state index contributed by atoms with van der Waals surface area (Å²) in [4.78, 5) is 4.97. The number of para-hydroxylation sites is 1. The second-order valence-corrected chi connectivity index (χ2v) is 8.14. The van der Waals surface area contributed by atoms with E-state index in [1.807, 2.05) is 60.8 Å². The third kappa shape index (κ3) is 3.21. The van der Waals surface area contributed by atoms with Gasteiger partial charge in [0.05, 0.1) is 29.9 Å². The fourth-order valence-corrected chi connectivity index (χ4v) is 3.68. The van der Waals surface area contributed by atoms with Gasteiger partial charge in [-0.2, -0.15) is 0 Å². The van der Waals surface area contributed by atoms with E-state index in [-0.39, 0.29) is 12.6 Å². The van der Waals surface area contributed by atoms with Crippen LogP contribution in [0.4, 0.5) is 0 Å². The van der Waals surface area contributed by atoms with E-state index in [4.69, 9.17) is 4.99 Å². The maximum Gasteiger partial charge on any atom is 0.209 e. The Morgan fingerprint density at radius 2 is 1.73 bits per heavy atom. The summed E-state index contributed by atoms with van der Waals surface area (Å²) < 4.78 is 27.9. The van der Waals surface area contributed by atoms with Crippen molar-refractivity contribution in [1.29, 1.82) is 0 Å². The fraction of sp³-hybridized carbons (Fsp3) is 0.150. The van der Waals surface area contributed by atoms with Gasteiger partial charge in [0, 0.05) is 11.8 Å². The highest BCUT2D eigenvalue weighted by molar-refractivity contribution is 7.88. The summed E-state index contributed by atoms with van der Waals surface area (Å²) in [5, 5.41) is 0. The zero-order valence-corrected chi connectivity index (χ0v) is 15.1. The van der Waals surface area contributed by atoms with Crippen molar-refractivity contribution in [2.24, 2.45) is 4.99 Å². The molecule has 0 radical (unpaired) electrons. The summed E-state index contributed by atoms with van der Waals surface area (Å²) in [6, 6.07) is 21.9.